The molecule has 0 aliphatic carbocycles. The van der Waals surface area contributed by atoms with Gasteiger partial charge in [-0.1, -0.05) is 0 Å². The normalized spacial score (nSPS) is 15.1. The highest BCUT2D eigenvalue weighted by Crippen LogP contribution is 2.45. The Morgan fingerprint density at radius 3 is 2.51 bits per heavy atom. The molecule has 0 saturated carbocycles. The number of hydrogen-bond acceptors (Lipinski definition) is 8. The minimum absolute atomic E-state index is 0.0438. The van der Waals surface area contributed by atoms with Gasteiger partial charge in [0.05, 0.1) is 39.6 Å². The van der Waals surface area contributed by atoms with Gasteiger partial charge in [-0.15, -0.1) is 11.6 Å². The Hall–Kier alpha value is -4.05. The molecule has 0 unspecified atom stereocenters. The highest BCUT2D eigenvalue weighted by molar-refractivity contribution is 6.18. The number of methoxy groups -OCH3 is 4. The molecule has 0 radical (unpaired) electrons. The number of benzene rings is 2. The van der Waals surface area contributed by atoms with E-state index in [2.05, 4.69) is 4.98 Å². The number of fused-ring (bicyclic) bond motifs is 4. The summed E-state index contributed by atoms with van der Waals surface area (Å²) in [6.45, 7) is 0.334. The number of furan rings is 1. The summed E-state index contributed by atoms with van der Waals surface area (Å²) in [5.74, 6) is 0.270. The van der Waals surface area contributed by atoms with Gasteiger partial charge in [0.15, 0.2) is 22.8 Å². The topological polar surface area (TPSA) is 123 Å². The Bertz CT molecular complexity index is 1540. The molecule has 3 heterocycles. The van der Waals surface area contributed by atoms with Crippen LogP contribution >= 0.6 is 11.6 Å². The molecule has 5 rings (SSSR count). The number of phenolic OH excluding ortho intramolecular Hbond substituents is 1. The number of hydrogen-bond donors (Lipinski definition) is 2. The van der Waals surface area contributed by atoms with E-state index in [0.29, 0.717) is 63.8 Å². The number of amides is 1. The average molecular weight is 529 g/mol. The highest BCUT2D eigenvalue weighted by Gasteiger charge is 2.33. The van der Waals surface area contributed by atoms with Crippen molar-refractivity contribution in [3.05, 3.63) is 41.3 Å². The number of esters is 1. The van der Waals surface area contributed by atoms with E-state index in [4.69, 9.17) is 35.0 Å². The molecule has 2 aromatic carbocycles. The van der Waals surface area contributed by atoms with Gasteiger partial charge in [-0.05, 0) is 36.1 Å². The first-order valence-electron chi connectivity index (χ1n) is 11.4. The fourth-order valence-electron chi connectivity index (χ4n) is 4.89. The molecule has 0 saturated heterocycles. The van der Waals surface area contributed by atoms with E-state index in [0.717, 1.165) is 5.56 Å². The van der Waals surface area contributed by atoms with Crippen LogP contribution in [0.5, 0.6) is 23.0 Å². The maximum absolute atomic E-state index is 13.9. The second-order valence-corrected chi connectivity index (χ2v) is 8.98. The van der Waals surface area contributed by atoms with E-state index in [1.807, 2.05) is 0 Å². The number of halogens is 1. The number of phenols is 1. The number of ether oxygens (including phenoxy) is 4. The van der Waals surface area contributed by atoms with E-state index in [-0.39, 0.29) is 28.9 Å². The predicted octanol–water partition coefficient (Wildman–Crippen LogP) is 4.49. The summed E-state index contributed by atoms with van der Waals surface area (Å²) >= 11 is 6.26. The van der Waals surface area contributed by atoms with E-state index in [9.17, 15) is 14.7 Å². The lowest BCUT2D eigenvalue weighted by atomic mass is 9.90. The summed E-state index contributed by atoms with van der Waals surface area (Å²) in [4.78, 5) is 30.7. The quantitative estimate of drug-likeness (QED) is 0.277. The Labute approximate surface area is 216 Å². The molecule has 1 amide bonds. The third-order valence-electron chi connectivity index (χ3n) is 6.60. The lowest BCUT2D eigenvalue weighted by Gasteiger charge is -2.34. The van der Waals surface area contributed by atoms with Gasteiger partial charge < -0.3 is 38.4 Å². The largest absolute Gasteiger partial charge is 0.504 e. The lowest BCUT2D eigenvalue weighted by Crippen LogP contribution is -2.40. The fourth-order valence-corrected chi connectivity index (χ4v) is 5.10. The van der Waals surface area contributed by atoms with Gasteiger partial charge in [-0.3, -0.25) is 4.79 Å². The molecule has 194 valence electrons. The number of anilines is 1. The van der Waals surface area contributed by atoms with Gasteiger partial charge in [-0.2, -0.15) is 0 Å². The minimum atomic E-state index is -0.667. The standard InChI is InChI=1S/C26H25ClN2O8/c1-33-19-7-13-6-16(28-21(13)24(35-3)23(19)34-2)25(31)29-11-12(10-27)5-14-15-8-20(26(32)36-4)37-22(15)18(30)9-17(14)29/h6-9,12,28,30H,5,10-11H2,1-4H3/t12-/m0/s1. The summed E-state index contributed by atoms with van der Waals surface area (Å²) in [6, 6.07) is 6.45. The van der Waals surface area contributed by atoms with E-state index < -0.39 is 5.97 Å². The first kappa shape index (κ1) is 24.6. The maximum Gasteiger partial charge on any atom is 0.373 e. The number of aromatic amines is 1. The molecule has 4 aromatic rings. The van der Waals surface area contributed by atoms with Crippen LogP contribution in [0.25, 0.3) is 21.9 Å². The van der Waals surface area contributed by atoms with Crippen molar-refractivity contribution in [1.29, 1.82) is 0 Å². The van der Waals surface area contributed by atoms with Crippen molar-refractivity contribution in [3.63, 3.8) is 0 Å². The monoisotopic (exact) mass is 528 g/mol. The van der Waals surface area contributed by atoms with Gasteiger partial charge >= 0.3 is 5.97 Å². The molecule has 0 spiro atoms. The number of carbonyl (C=O) groups excluding carboxylic acids is 2. The molecule has 2 aromatic heterocycles. The third kappa shape index (κ3) is 3.88. The minimum Gasteiger partial charge on any atom is -0.504 e. The Morgan fingerprint density at radius 2 is 1.86 bits per heavy atom. The Morgan fingerprint density at radius 1 is 1.11 bits per heavy atom. The number of rotatable bonds is 6. The van der Waals surface area contributed by atoms with Gasteiger partial charge in [-0.25, -0.2) is 4.79 Å². The number of aromatic nitrogens is 1. The number of alkyl halides is 1. The molecule has 11 heteroatoms. The zero-order chi connectivity index (χ0) is 26.4. The van der Waals surface area contributed by atoms with Gasteiger partial charge in [0.2, 0.25) is 11.5 Å². The lowest BCUT2D eigenvalue weighted by molar-refractivity contribution is 0.0567. The first-order valence-corrected chi connectivity index (χ1v) is 11.9. The van der Waals surface area contributed by atoms with Crippen LogP contribution in [0.4, 0.5) is 5.69 Å². The summed E-state index contributed by atoms with van der Waals surface area (Å²) < 4.78 is 26.8. The van der Waals surface area contributed by atoms with Crippen LogP contribution in [0.15, 0.2) is 28.7 Å². The number of aromatic hydroxyl groups is 1. The second-order valence-electron chi connectivity index (χ2n) is 8.67. The molecule has 1 atom stereocenters. The number of carbonyl (C=O) groups is 2. The molecule has 1 aliphatic heterocycles. The van der Waals surface area contributed by atoms with Gasteiger partial charge in [0.1, 0.15) is 5.69 Å². The van der Waals surface area contributed by atoms with Crippen LogP contribution in [0.3, 0.4) is 0 Å². The molecule has 1 aliphatic rings. The predicted molar refractivity (Wildman–Crippen MR) is 137 cm³/mol. The summed E-state index contributed by atoms with van der Waals surface area (Å²) in [5, 5.41) is 11.9. The molecule has 0 bridgehead atoms. The zero-order valence-electron chi connectivity index (χ0n) is 20.6. The van der Waals surface area contributed by atoms with Crippen LogP contribution in [-0.4, -0.2) is 62.8 Å². The summed E-state index contributed by atoms with van der Waals surface area (Å²) in [7, 11) is 5.78. The van der Waals surface area contributed by atoms with Crippen molar-refractivity contribution in [2.45, 2.75) is 6.42 Å². The van der Waals surface area contributed by atoms with Crippen molar-refractivity contribution in [3.8, 4) is 23.0 Å². The van der Waals surface area contributed by atoms with Crippen LogP contribution in [0.1, 0.15) is 26.6 Å². The molecule has 10 nitrogen and oxygen atoms in total. The second kappa shape index (κ2) is 9.44. The Balaban J connectivity index is 1.65. The van der Waals surface area contributed by atoms with Crippen molar-refractivity contribution < 1.29 is 38.1 Å². The summed E-state index contributed by atoms with van der Waals surface area (Å²) in [5.41, 5.74) is 2.27. The van der Waals surface area contributed by atoms with Crippen LogP contribution in [0, 0.1) is 5.92 Å². The van der Waals surface area contributed by atoms with Crippen molar-refractivity contribution in [2.24, 2.45) is 5.92 Å². The van der Waals surface area contributed by atoms with Crippen molar-refractivity contribution in [1.82, 2.24) is 4.98 Å². The molecule has 0 fully saturated rings. The van der Waals surface area contributed by atoms with Crippen LogP contribution in [0.2, 0.25) is 0 Å². The first-order chi connectivity index (χ1) is 17.8. The SMILES string of the molecule is COC(=O)c1cc2c3c(cc(O)c2o1)N(C(=O)c1cc2cc(OC)c(OC)c(OC)c2[nH]1)C[C@H](CCl)C3. The van der Waals surface area contributed by atoms with E-state index in [1.54, 1.807) is 17.0 Å². The average Bonchev–Trinajstić information content (AvgIpc) is 3.56. The van der Waals surface area contributed by atoms with Crippen LogP contribution in [-0.2, 0) is 11.2 Å². The smallest absolute Gasteiger partial charge is 0.373 e. The fraction of sp³-hybridized carbons (Fsp3) is 0.308. The Kier molecular flexibility index (Phi) is 6.28. The number of H-pyrrole nitrogens is 1. The summed E-state index contributed by atoms with van der Waals surface area (Å²) in [6.07, 6.45) is 0.536. The van der Waals surface area contributed by atoms with Gasteiger partial charge in [0.25, 0.3) is 5.91 Å². The molecule has 2 N–H and O–H groups in total. The van der Waals surface area contributed by atoms with Crippen molar-refractivity contribution >= 4 is 51.0 Å². The third-order valence-corrected chi connectivity index (χ3v) is 7.03. The van der Waals surface area contributed by atoms with Crippen LogP contribution < -0.4 is 19.1 Å². The number of nitrogens with one attached hydrogen (secondary N) is 1. The van der Waals surface area contributed by atoms with Crippen molar-refractivity contribution in [2.75, 3.05) is 45.8 Å². The van der Waals surface area contributed by atoms with E-state index in [1.165, 1.54) is 40.6 Å². The van der Waals surface area contributed by atoms with E-state index >= 15 is 0 Å². The highest BCUT2D eigenvalue weighted by atomic mass is 35.5. The molecule has 37 heavy (non-hydrogen) atoms. The molecular formula is C26H25ClN2O8. The number of nitrogens with zero attached hydrogens (tertiary/aromatic N) is 1. The zero-order valence-corrected chi connectivity index (χ0v) is 21.4. The maximum atomic E-state index is 13.9. The molecular weight excluding hydrogens is 504 g/mol. The van der Waals surface area contributed by atoms with Gasteiger partial charge in [0, 0.05) is 29.3 Å².